The number of carboxylic acids is 1. The van der Waals surface area contributed by atoms with E-state index in [9.17, 15) is 14.7 Å². The highest BCUT2D eigenvalue weighted by atomic mass is 16.5. The lowest BCUT2D eigenvalue weighted by Crippen LogP contribution is -2.42. The molecule has 7 heteroatoms. The molecule has 0 saturated heterocycles. The first-order chi connectivity index (χ1) is 12.9. The molecule has 2 N–H and O–H groups in total. The van der Waals surface area contributed by atoms with Gasteiger partial charge in [0.2, 0.25) is 0 Å². The Labute approximate surface area is 156 Å². The summed E-state index contributed by atoms with van der Waals surface area (Å²) in [6, 6.07) is 11.7. The van der Waals surface area contributed by atoms with Gasteiger partial charge in [0.25, 0.3) is 5.91 Å². The number of carboxylic acid groups (broad SMARTS) is 1. The molecule has 0 spiro atoms. The summed E-state index contributed by atoms with van der Waals surface area (Å²) in [5, 5.41) is 16.1. The van der Waals surface area contributed by atoms with E-state index < -0.39 is 17.9 Å². The van der Waals surface area contributed by atoms with Gasteiger partial charge >= 0.3 is 5.97 Å². The van der Waals surface area contributed by atoms with E-state index in [0.717, 1.165) is 11.3 Å². The van der Waals surface area contributed by atoms with Crippen molar-refractivity contribution in [3.8, 4) is 5.82 Å². The molecule has 0 saturated carbocycles. The zero-order valence-electron chi connectivity index (χ0n) is 15.4. The smallest absolute Gasteiger partial charge is 0.326 e. The van der Waals surface area contributed by atoms with E-state index in [-0.39, 0.29) is 6.42 Å². The zero-order valence-corrected chi connectivity index (χ0v) is 15.4. The molecule has 27 heavy (non-hydrogen) atoms. The van der Waals surface area contributed by atoms with Gasteiger partial charge in [0.15, 0.2) is 5.82 Å². The van der Waals surface area contributed by atoms with Crippen molar-refractivity contribution in [2.75, 3.05) is 0 Å². The number of aliphatic carboxylic acids is 1. The molecule has 2 aromatic heterocycles. The minimum absolute atomic E-state index is 0.211. The van der Waals surface area contributed by atoms with Gasteiger partial charge in [0, 0.05) is 23.9 Å². The van der Waals surface area contributed by atoms with Crippen LogP contribution in [0.5, 0.6) is 0 Å². The largest absolute Gasteiger partial charge is 0.480 e. The molecule has 3 aromatic rings. The van der Waals surface area contributed by atoms with Gasteiger partial charge in [-0.1, -0.05) is 35.5 Å². The zero-order chi connectivity index (χ0) is 19.6. The number of hydrogen-bond acceptors (Lipinski definition) is 4. The number of benzene rings is 1. The third-order valence-electron chi connectivity index (χ3n) is 4.41. The number of rotatable bonds is 6. The quantitative estimate of drug-likeness (QED) is 0.698. The first-order valence-corrected chi connectivity index (χ1v) is 8.57. The summed E-state index contributed by atoms with van der Waals surface area (Å²) in [5.74, 6) is -0.260. The number of nitrogens with one attached hydrogen (secondary N) is 1. The lowest BCUT2D eigenvalue weighted by atomic mass is 10.1. The molecular weight excluding hydrogens is 346 g/mol. The number of hydrogen-bond donors (Lipinski definition) is 2. The van der Waals surface area contributed by atoms with Crippen LogP contribution in [0.2, 0.25) is 0 Å². The van der Waals surface area contributed by atoms with Crippen molar-refractivity contribution in [2.45, 2.75) is 33.2 Å². The van der Waals surface area contributed by atoms with E-state index in [4.69, 9.17) is 4.52 Å². The first-order valence-electron chi connectivity index (χ1n) is 8.57. The highest BCUT2D eigenvalue weighted by Crippen LogP contribution is 2.21. The molecule has 140 valence electrons. The molecule has 0 unspecified atom stereocenters. The van der Waals surface area contributed by atoms with Crippen molar-refractivity contribution in [1.82, 2.24) is 15.0 Å². The molecule has 0 radical (unpaired) electrons. The molecule has 0 bridgehead atoms. The minimum Gasteiger partial charge on any atom is -0.480 e. The number of carbonyl (C=O) groups excluding carboxylic acids is 1. The maximum atomic E-state index is 12.7. The van der Waals surface area contributed by atoms with Crippen molar-refractivity contribution in [1.29, 1.82) is 0 Å². The lowest BCUT2D eigenvalue weighted by Gasteiger charge is -2.15. The Morgan fingerprint density at radius 1 is 1.19 bits per heavy atom. The van der Waals surface area contributed by atoms with Crippen molar-refractivity contribution in [2.24, 2.45) is 0 Å². The third kappa shape index (κ3) is 3.92. The SMILES string of the molecule is Cc1cc(-n2c(C)cc(C(=O)N[C@H](Cc3ccccc3)C(=O)O)c2C)no1. The van der Waals surface area contributed by atoms with E-state index in [2.05, 4.69) is 10.5 Å². The van der Waals surface area contributed by atoms with Gasteiger partial charge < -0.3 is 14.9 Å². The highest BCUT2D eigenvalue weighted by Gasteiger charge is 2.24. The van der Waals surface area contributed by atoms with Crippen LogP contribution in [0.4, 0.5) is 0 Å². The van der Waals surface area contributed by atoms with Crippen LogP contribution in [0.3, 0.4) is 0 Å². The van der Waals surface area contributed by atoms with Crippen LogP contribution in [0.1, 0.15) is 33.1 Å². The monoisotopic (exact) mass is 367 g/mol. The van der Waals surface area contributed by atoms with Gasteiger partial charge in [-0.15, -0.1) is 0 Å². The van der Waals surface area contributed by atoms with Crippen LogP contribution in [0.25, 0.3) is 5.82 Å². The van der Waals surface area contributed by atoms with E-state index >= 15 is 0 Å². The number of carbonyl (C=O) groups is 2. The summed E-state index contributed by atoms with van der Waals surface area (Å²) >= 11 is 0. The number of aryl methyl sites for hydroxylation is 2. The molecule has 1 amide bonds. The second-order valence-corrected chi connectivity index (χ2v) is 6.47. The highest BCUT2D eigenvalue weighted by molar-refractivity contribution is 5.98. The molecule has 7 nitrogen and oxygen atoms in total. The van der Waals surface area contributed by atoms with Crippen molar-refractivity contribution < 1.29 is 19.2 Å². The molecular formula is C20H21N3O4. The normalized spacial score (nSPS) is 12.0. The second-order valence-electron chi connectivity index (χ2n) is 6.47. The summed E-state index contributed by atoms with van der Waals surface area (Å²) in [5.41, 5.74) is 2.73. The molecule has 2 heterocycles. The Morgan fingerprint density at radius 2 is 1.89 bits per heavy atom. The minimum atomic E-state index is -1.08. The fourth-order valence-corrected chi connectivity index (χ4v) is 3.09. The summed E-state index contributed by atoms with van der Waals surface area (Å²) in [7, 11) is 0. The topological polar surface area (TPSA) is 97.4 Å². The van der Waals surface area contributed by atoms with Crippen LogP contribution in [0.15, 0.2) is 47.0 Å². The predicted octanol–water partition coefficient (Wildman–Crippen LogP) is 2.82. The second kappa shape index (κ2) is 7.49. The molecule has 0 aliphatic carbocycles. The Balaban J connectivity index is 1.83. The van der Waals surface area contributed by atoms with Gasteiger partial charge in [-0.25, -0.2) is 4.79 Å². The van der Waals surface area contributed by atoms with Crippen LogP contribution in [-0.2, 0) is 11.2 Å². The molecule has 1 aromatic carbocycles. The Hall–Kier alpha value is -3.35. The standard InChI is InChI=1S/C20H21N3O4/c1-12-9-16(14(3)23(12)18-10-13(2)27-22-18)19(24)21-17(20(25)26)11-15-7-5-4-6-8-15/h4-10,17H,11H2,1-3H3,(H,21,24)(H,25,26)/t17-/m1/s1. The number of amides is 1. The fraction of sp³-hybridized carbons (Fsp3) is 0.250. The third-order valence-corrected chi connectivity index (χ3v) is 4.41. The van der Waals surface area contributed by atoms with E-state index in [0.29, 0.717) is 22.8 Å². The van der Waals surface area contributed by atoms with Crippen molar-refractivity contribution in [3.05, 3.63) is 70.7 Å². The molecule has 0 aliphatic rings. The summed E-state index contributed by atoms with van der Waals surface area (Å²) in [6.07, 6.45) is 0.211. The Morgan fingerprint density at radius 3 is 2.48 bits per heavy atom. The lowest BCUT2D eigenvalue weighted by molar-refractivity contribution is -0.139. The predicted molar refractivity (Wildman–Crippen MR) is 99.1 cm³/mol. The van der Waals surface area contributed by atoms with Gasteiger partial charge in [0.05, 0.1) is 5.56 Å². The maximum Gasteiger partial charge on any atom is 0.326 e. The van der Waals surface area contributed by atoms with Crippen LogP contribution < -0.4 is 5.32 Å². The Kier molecular flexibility index (Phi) is 5.12. The number of nitrogens with zero attached hydrogens (tertiary/aromatic N) is 2. The molecule has 3 rings (SSSR count). The summed E-state index contributed by atoms with van der Waals surface area (Å²) in [4.78, 5) is 24.4. The Bertz CT molecular complexity index is 973. The van der Waals surface area contributed by atoms with Crippen LogP contribution in [0, 0.1) is 20.8 Å². The van der Waals surface area contributed by atoms with Gasteiger partial charge in [-0.3, -0.25) is 9.36 Å². The van der Waals surface area contributed by atoms with Gasteiger partial charge in [-0.05, 0) is 32.4 Å². The van der Waals surface area contributed by atoms with E-state index in [1.807, 2.05) is 37.3 Å². The first kappa shape index (κ1) is 18.4. The van der Waals surface area contributed by atoms with Crippen LogP contribution >= 0.6 is 0 Å². The maximum absolute atomic E-state index is 12.7. The van der Waals surface area contributed by atoms with Gasteiger partial charge in [-0.2, -0.15) is 0 Å². The fourth-order valence-electron chi connectivity index (χ4n) is 3.09. The average molecular weight is 367 g/mol. The van der Waals surface area contributed by atoms with E-state index in [1.54, 1.807) is 30.5 Å². The van der Waals surface area contributed by atoms with Crippen molar-refractivity contribution in [3.63, 3.8) is 0 Å². The number of aromatic nitrogens is 2. The average Bonchev–Trinajstić information content (AvgIpc) is 3.17. The molecule has 0 fully saturated rings. The van der Waals surface area contributed by atoms with E-state index in [1.165, 1.54) is 0 Å². The molecule has 1 atom stereocenters. The van der Waals surface area contributed by atoms with Gasteiger partial charge in [0.1, 0.15) is 11.8 Å². The molecule has 0 aliphatic heterocycles. The van der Waals surface area contributed by atoms with Crippen molar-refractivity contribution >= 4 is 11.9 Å². The summed E-state index contributed by atoms with van der Waals surface area (Å²) in [6.45, 7) is 5.44. The summed E-state index contributed by atoms with van der Waals surface area (Å²) < 4.78 is 6.92. The van der Waals surface area contributed by atoms with Crippen LogP contribution in [-0.4, -0.2) is 32.7 Å².